The molecule has 0 spiro atoms. The average molecular weight is 467 g/mol. The van der Waals surface area contributed by atoms with Gasteiger partial charge in [-0.05, 0) is 35.6 Å². The van der Waals surface area contributed by atoms with Gasteiger partial charge in [0.2, 0.25) is 5.91 Å². The van der Waals surface area contributed by atoms with Gasteiger partial charge in [-0.1, -0.05) is 55.5 Å². The quantitative estimate of drug-likeness (QED) is 0.551. The lowest BCUT2D eigenvalue weighted by Gasteiger charge is -2.22. The molecule has 0 aromatic heterocycles. The molecule has 4 atom stereocenters. The van der Waals surface area contributed by atoms with Crippen molar-refractivity contribution in [3.63, 3.8) is 0 Å². The van der Waals surface area contributed by atoms with Crippen molar-refractivity contribution in [3.05, 3.63) is 59.7 Å². The van der Waals surface area contributed by atoms with Gasteiger partial charge >= 0.3 is 12.1 Å². The first kappa shape index (κ1) is 23.8. The molecule has 180 valence electrons. The summed E-state index contributed by atoms with van der Waals surface area (Å²) in [7, 11) is 0. The van der Waals surface area contributed by atoms with Gasteiger partial charge in [-0.15, -0.1) is 0 Å². The standard InChI is InChI=1S/C26H30N2O6/c1-15(24(29)27-12-18-11-17(13-33-18)25(30)31)16(2)28-26(32)34-14-23-21-9-5-3-7-19(21)20-8-4-6-10-22(20)23/h3-10,15-18,23H,11-14H2,1-2H3,(H,27,29)(H,28,32)(H,30,31)/t15?,16?,17-,18-/m0/s1. The van der Waals surface area contributed by atoms with Gasteiger partial charge in [-0.3, -0.25) is 9.59 Å². The summed E-state index contributed by atoms with van der Waals surface area (Å²) in [6.07, 6.45) is -0.516. The number of carbonyl (C=O) groups excluding carboxylic acids is 2. The van der Waals surface area contributed by atoms with Crippen LogP contribution in [0, 0.1) is 11.8 Å². The highest BCUT2D eigenvalue weighted by Crippen LogP contribution is 2.44. The fourth-order valence-electron chi connectivity index (χ4n) is 4.57. The molecule has 2 aliphatic rings. The van der Waals surface area contributed by atoms with Gasteiger partial charge in [0.1, 0.15) is 6.61 Å². The third kappa shape index (κ3) is 5.07. The second-order valence-electron chi connectivity index (χ2n) is 9.02. The number of hydrogen-bond donors (Lipinski definition) is 3. The summed E-state index contributed by atoms with van der Waals surface area (Å²) >= 11 is 0. The topological polar surface area (TPSA) is 114 Å². The van der Waals surface area contributed by atoms with Crippen molar-refractivity contribution in [1.29, 1.82) is 0 Å². The Balaban J connectivity index is 1.25. The first-order chi connectivity index (χ1) is 16.3. The maximum atomic E-state index is 12.5. The van der Waals surface area contributed by atoms with Crippen molar-refractivity contribution in [2.45, 2.75) is 38.3 Å². The first-order valence-electron chi connectivity index (χ1n) is 11.6. The van der Waals surface area contributed by atoms with Crippen molar-refractivity contribution < 1.29 is 29.0 Å². The molecule has 0 bridgehead atoms. The molecule has 8 nitrogen and oxygen atoms in total. The highest BCUT2D eigenvalue weighted by molar-refractivity contribution is 5.80. The van der Waals surface area contributed by atoms with Crippen molar-refractivity contribution in [1.82, 2.24) is 10.6 Å². The molecule has 4 rings (SSSR count). The summed E-state index contributed by atoms with van der Waals surface area (Å²) in [6, 6.07) is 15.8. The normalized spacial score (nSPS) is 20.6. The minimum absolute atomic E-state index is 0.0322. The lowest BCUT2D eigenvalue weighted by atomic mass is 9.98. The number of nitrogens with one attached hydrogen (secondary N) is 2. The number of ether oxygens (including phenoxy) is 2. The Morgan fingerprint density at radius 1 is 1.06 bits per heavy atom. The maximum Gasteiger partial charge on any atom is 0.407 e. The third-order valence-electron chi connectivity index (χ3n) is 6.79. The highest BCUT2D eigenvalue weighted by atomic mass is 16.5. The molecule has 2 unspecified atom stereocenters. The molecule has 0 radical (unpaired) electrons. The Bertz CT molecular complexity index is 1030. The molecule has 3 N–H and O–H groups in total. The van der Waals surface area contributed by atoms with E-state index in [-0.39, 0.29) is 37.7 Å². The molecule has 1 saturated heterocycles. The second-order valence-corrected chi connectivity index (χ2v) is 9.02. The number of aliphatic carboxylic acids is 1. The number of carboxylic acids is 1. The van der Waals surface area contributed by atoms with Crippen molar-refractivity contribution in [2.24, 2.45) is 11.8 Å². The summed E-state index contributed by atoms with van der Waals surface area (Å²) in [6.45, 7) is 4.07. The van der Waals surface area contributed by atoms with Crippen LogP contribution in [-0.4, -0.2) is 55.0 Å². The van der Waals surface area contributed by atoms with E-state index in [4.69, 9.17) is 14.6 Å². The zero-order chi connectivity index (χ0) is 24.2. The highest BCUT2D eigenvalue weighted by Gasteiger charge is 2.32. The first-order valence-corrected chi connectivity index (χ1v) is 11.6. The Morgan fingerprint density at radius 2 is 1.68 bits per heavy atom. The number of rotatable bonds is 8. The van der Waals surface area contributed by atoms with E-state index in [1.807, 2.05) is 24.3 Å². The smallest absolute Gasteiger partial charge is 0.407 e. The van der Waals surface area contributed by atoms with Crippen LogP contribution in [0.2, 0.25) is 0 Å². The molecule has 1 aliphatic carbocycles. The monoisotopic (exact) mass is 466 g/mol. The number of benzene rings is 2. The Kier molecular flexibility index (Phi) is 7.17. The number of carboxylic acid groups (broad SMARTS) is 1. The third-order valence-corrected chi connectivity index (χ3v) is 6.79. The summed E-state index contributed by atoms with van der Waals surface area (Å²) in [5.41, 5.74) is 4.59. The molecule has 1 heterocycles. The van der Waals surface area contributed by atoms with Crippen LogP contribution >= 0.6 is 0 Å². The fourth-order valence-corrected chi connectivity index (χ4v) is 4.57. The van der Waals surface area contributed by atoms with Crippen molar-refractivity contribution in [3.8, 4) is 11.1 Å². The van der Waals surface area contributed by atoms with Gasteiger partial charge in [-0.2, -0.15) is 0 Å². The Labute approximate surface area is 198 Å². The van der Waals surface area contributed by atoms with Gasteiger partial charge in [0, 0.05) is 18.5 Å². The number of hydrogen-bond acceptors (Lipinski definition) is 5. The van der Waals surface area contributed by atoms with E-state index < -0.39 is 29.9 Å². The van der Waals surface area contributed by atoms with Gasteiger partial charge in [-0.25, -0.2) is 4.79 Å². The maximum absolute atomic E-state index is 12.5. The van der Waals surface area contributed by atoms with Gasteiger partial charge in [0.25, 0.3) is 0 Å². The van der Waals surface area contributed by atoms with Crippen molar-refractivity contribution in [2.75, 3.05) is 19.8 Å². The minimum Gasteiger partial charge on any atom is -0.481 e. The van der Waals surface area contributed by atoms with E-state index in [1.54, 1.807) is 13.8 Å². The Morgan fingerprint density at radius 3 is 2.26 bits per heavy atom. The number of amides is 2. The minimum atomic E-state index is -0.886. The van der Waals surface area contributed by atoms with Crippen LogP contribution in [0.3, 0.4) is 0 Å². The SMILES string of the molecule is CC(NC(=O)OCC1c2ccccc2-c2ccccc21)C(C)C(=O)NC[C@@H]1C[C@H](C(=O)O)CO1. The zero-order valence-corrected chi connectivity index (χ0v) is 19.3. The molecule has 34 heavy (non-hydrogen) atoms. The lowest BCUT2D eigenvalue weighted by molar-refractivity contribution is -0.141. The van der Waals surface area contributed by atoms with E-state index in [2.05, 4.69) is 34.9 Å². The largest absolute Gasteiger partial charge is 0.481 e. The van der Waals surface area contributed by atoms with Crippen LogP contribution in [0.4, 0.5) is 4.79 Å². The molecule has 2 aromatic carbocycles. The van der Waals surface area contributed by atoms with Gasteiger partial charge in [0.15, 0.2) is 0 Å². The molecule has 1 fully saturated rings. The van der Waals surface area contributed by atoms with Crippen LogP contribution in [0.15, 0.2) is 48.5 Å². The molecule has 0 saturated carbocycles. The van der Waals surface area contributed by atoms with E-state index in [0.717, 1.165) is 22.3 Å². The predicted molar refractivity (Wildman–Crippen MR) is 125 cm³/mol. The summed E-state index contributed by atoms with van der Waals surface area (Å²) < 4.78 is 11.0. The van der Waals surface area contributed by atoms with Crippen molar-refractivity contribution >= 4 is 18.0 Å². The summed E-state index contributed by atoms with van der Waals surface area (Å²) in [5.74, 6) is -2.20. The zero-order valence-electron chi connectivity index (χ0n) is 19.3. The van der Waals surface area contributed by atoms with E-state index in [0.29, 0.717) is 6.42 Å². The van der Waals surface area contributed by atoms with Crippen LogP contribution < -0.4 is 10.6 Å². The molecular weight excluding hydrogens is 436 g/mol. The predicted octanol–water partition coefficient (Wildman–Crippen LogP) is 3.16. The molecular formula is C26H30N2O6. The fraction of sp³-hybridized carbons (Fsp3) is 0.423. The van der Waals surface area contributed by atoms with Crippen LogP contribution in [0.25, 0.3) is 11.1 Å². The average Bonchev–Trinajstić information content (AvgIpc) is 3.44. The summed E-state index contributed by atoms with van der Waals surface area (Å²) in [4.78, 5) is 36.0. The molecule has 2 aromatic rings. The Hall–Kier alpha value is -3.39. The van der Waals surface area contributed by atoms with Gasteiger partial charge < -0.3 is 25.2 Å². The second kappa shape index (κ2) is 10.3. The van der Waals surface area contributed by atoms with E-state index >= 15 is 0 Å². The molecule has 8 heteroatoms. The number of alkyl carbamates (subject to hydrolysis) is 1. The van der Waals surface area contributed by atoms with Crippen LogP contribution in [0.1, 0.15) is 37.3 Å². The summed E-state index contributed by atoms with van der Waals surface area (Å²) in [5, 5.41) is 14.6. The molecule has 1 aliphatic heterocycles. The number of fused-ring (bicyclic) bond motifs is 3. The van der Waals surface area contributed by atoms with Crippen LogP contribution in [-0.2, 0) is 19.1 Å². The lowest BCUT2D eigenvalue weighted by Crippen LogP contribution is -2.45. The van der Waals surface area contributed by atoms with Crippen LogP contribution in [0.5, 0.6) is 0 Å². The molecule has 2 amide bonds. The van der Waals surface area contributed by atoms with E-state index in [9.17, 15) is 14.4 Å². The van der Waals surface area contributed by atoms with Gasteiger partial charge in [0.05, 0.1) is 24.5 Å². The number of carbonyl (C=O) groups is 3. The van der Waals surface area contributed by atoms with E-state index in [1.165, 1.54) is 0 Å².